The zero-order valence-corrected chi connectivity index (χ0v) is 10.4. The van der Waals surface area contributed by atoms with Gasteiger partial charge >= 0.3 is 0 Å². The lowest BCUT2D eigenvalue weighted by Gasteiger charge is -2.06. The van der Waals surface area contributed by atoms with Crippen molar-refractivity contribution < 1.29 is 0 Å². The van der Waals surface area contributed by atoms with E-state index in [4.69, 9.17) is 0 Å². The van der Waals surface area contributed by atoms with E-state index in [1.165, 1.54) is 36.1 Å². The second-order valence-corrected chi connectivity index (χ2v) is 5.15. The number of allylic oxidation sites excluding steroid dienone is 2. The normalized spacial score (nSPS) is 17.7. The number of rotatable bonds is 3. The molecule has 0 N–H and O–H groups in total. The smallest absolute Gasteiger partial charge is 0.0154 e. The van der Waals surface area contributed by atoms with Crippen LogP contribution in [0.25, 0.3) is 0 Å². The Balaban J connectivity index is 2.24. The van der Waals surface area contributed by atoms with Crippen molar-refractivity contribution in [3.63, 3.8) is 0 Å². The molecule has 0 aliphatic carbocycles. The van der Waals surface area contributed by atoms with Gasteiger partial charge in [-0.3, -0.25) is 0 Å². The Kier molecular flexibility index (Phi) is 3.53. The quantitative estimate of drug-likeness (QED) is 0.702. The van der Waals surface area contributed by atoms with Gasteiger partial charge in [-0.05, 0) is 29.4 Å². The van der Waals surface area contributed by atoms with E-state index in [9.17, 15) is 0 Å². The molecule has 0 amide bonds. The van der Waals surface area contributed by atoms with Gasteiger partial charge in [0.25, 0.3) is 0 Å². The van der Waals surface area contributed by atoms with Crippen molar-refractivity contribution in [2.75, 3.05) is 0 Å². The van der Waals surface area contributed by atoms with E-state index in [0.717, 1.165) is 0 Å². The molecule has 0 unspecified atom stereocenters. The van der Waals surface area contributed by atoms with Gasteiger partial charge < -0.3 is 0 Å². The van der Waals surface area contributed by atoms with E-state index < -0.39 is 0 Å². The molecular formula is C14H18S. The first-order valence-corrected chi connectivity index (χ1v) is 6.63. The lowest BCUT2D eigenvalue weighted by Crippen LogP contribution is -1.87. The van der Waals surface area contributed by atoms with Crippen molar-refractivity contribution in [1.82, 2.24) is 0 Å². The molecule has 0 nitrogen and oxygen atoms in total. The van der Waals surface area contributed by atoms with Gasteiger partial charge in [-0.15, -0.1) is 0 Å². The summed E-state index contributed by atoms with van der Waals surface area (Å²) in [7, 11) is 0. The minimum atomic E-state index is 1.17. The van der Waals surface area contributed by atoms with E-state index in [2.05, 4.69) is 38.1 Å². The van der Waals surface area contributed by atoms with Crippen molar-refractivity contribution in [1.29, 1.82) is 0 Å². The molecule has 0 bridgehead atoms. The fourth-order valence-corrected chi connectivity index (χ4v) is 3.41. The highest BCUT2D eigenvalue weighted by atomic mass is 32.2. The van der Waals surface area contributed by atoms with Crippen molar-refractivity contribution in [3.05, 3.63) is 40.3 Å². The maximum Gasteiger partial charge on any atom is 0.0154 e. The molecule has 0 spiro atoms. The molecule has 0 atom stereocenters. The highest BCUT2D eigenvalue weighted by Gasteiger charge is 2.17. The molecule has 1 heteroatoms. The standard InChI is InChI=1S/C14H18S/c1-3-7-11(4-2)14-10-12-8-5-6-9-13(12)15-14/h5-6,8-9H,3-4,7,10H2,1-2H3/b14-11-. The summed E-state index contributed by atoms with van der Waals surface area (Å²) < 4.78 is 0. The molecular weight excluding hydrogens is 200 g/mol. The molecule has 0 fully saturated rings. The van der Waals surface area contributed by atoms with Gasteiger partial charge in [0.2, 0.25) is 0 Å². The van der Waals surface area contributed by atoms with E-state index in [0.29, 0.717) is 0 Å². The van der Waals surface area contributed by atoms with Gasteiger partial charge in [0.15, 0.2) is 0 Å². The summed E-state index contributed by atoms with van der Waals surface area (Å²) in [6.45, 7) is 4.55. The first kappa shape index (κ1) is 10.8. The number of fused-ring (bicyclic) bond motifs is 1. The third-order valence-electron chi connectivity index (χ3n) is 2.93. The van der Waals surface area contributed by atoms with Crippen LogP contribution in [0.5, 0.6) is 0 Å². The van der Waals surface area contributed by atoms with Crippen LogP contribution in [-0.4, -0.2) is 0 Å². The maximum absolute atomic E-state index is 2.28. The van der Waals surface area contributed by atoms with Crippen LogP contribution in [0.15, 0.2) is 39.6 Å². The highest BCUT2D eigenvalue weighted by Crippen LogP contribution is 2.42. The predicted octanol–water partition coefficient (Wildman–Crippen LogP) is 4.80. The lowest BCUT2D eigenvalue weighted by atomic mass is 10.0. The molecule has 80 valence electrons. The minimum absolute atomic E-state index is 1.17. The van der Waals surface area contributed by atoms with Crippen LogP contribution in [0.4, 0.5) is 0 Å². The van der Waals surface area contributed by atoms with Crippen LogP contribution in [0.2, 0.25) is 0 Å². The number of hydrogen-bond acceptors (Lipinski definition) is 1. The molecule has 1 aliphatic rings. The van der Waals surface area contributed by atoms with E-state index >= 15 is 0 Å². The Morgan fingerprint density at radius 1 is 1.27 bits per heavy atom. The summed E-state index contributed by atoms with van der Waals surface area (Å²) in [5.74, 6) is 0. The Hall–Kier alpha value is -0.690. The monoisotopic (exact) mass is 218 g/mol. The summed E-state index contributed by atoms with van der Waals surface area (Å²) in [5.41, 5.74) is 3.18. The van der Waals surface area contributed by atoms with Crippen LogP contribution in [0.3, 0.4) is 0 Å². The summed E-state index contributed by atoms with van der Waals surface area (Å²) >= 11 is 1.99. The molecule has 0 aromatic heterocycles. The molecule has 1 aromatic rings. The van der Waals surface area contributed by atoms with Crippen molar-refractivity contribution in [2.45, 2.75) is 44.4 Å². The fourth-order valence-electron chi connectivity index (χ4n) is 2.10. The van der Waals surface area contributed by atoms with Gasteiger partial charge in [-0.2, -0.15) is 0 Å². The molecule has 1 aliphatic heterocycles. The largest absolute Gasteiger partial charge is 0.0939 e. The molecule has 1 heterocycles. The summed E-state index contributed by atoms with van der Waals surface area (Å²) in [6.07, 6.45) is 4.92. The van der Waals surface area contributed by atoms with Crippen LogP contribution in [-0.2, 0) is 6.42 Å². The first-order chi connectivity index (χ1) is 7.35. The second kappa shape index (κ2) is 4.89. The van der Waals surface area contributed by atoms with Crippen LogP contribution in [0.1, 0.15) is 38.7 Å². The van der Waals surface area contributed by atoms with Gasteiger partial charge in [-0.1, -0.05) is 55.8 Å². The van der Waals surface area contributed by atoms with Gasteiger partial charge in [-0.25, -0.2) is 0 Å². The summed E-state index contributed by atoms with van der Waals surface area (Å²) in [4.78, 5) is 3.08. The Labute approximate surface area is 96.8 Å². The Bertz CT molecular complexity index is 350. The molecule has 0 saturated carbocycles. The average Bonchev–Trinajstić information content (AvgIpc) is 2.69. The highest BCUT2D eigenvalue weighted by molar-refractivity contribution is 8.03. The third kappa shape index (κ3) is 2.28. The second-order valence-electron chi connectivity index (χ2n) is 4.02. The average molecular weight is 218 g/mol. The minimum Gasteiger partial charge on any atom is -0.0939 e. The molecule has 2 rings (SSSR count). The van der Waals surface area contributed by atoms with Crippen LogP contribution < -0.4 is 0 Å². The Morgan fingerprint density at radius 3 is 2.73 bits per heavy atom. The van der Waals surface area contributed by atoms with Crippen molar-refractivity contribution >= 4 is 11.8 Å². The first-order valence-electron chi connectivity index (χ1n) is 5.81. The third-order valence-corrected chi connectivity index (χ3v) is 4.23. The molecule has 0 saturated heterocycles. The maximum atomic E-state index is 2.28. The Morgan fingerprint density at radius 2 is 2.07 bits per heavy atom. The van der Waals surface area contributed by atoms with Gasteiger partial charge in [0.1, 0.15) is 0 Å². The summed E-state index contributed by atoms with van der Waals surface area (Å²) in [6, 6.07) is 8.79. The summed E-state index contributed by atoms with van der Waals surface area (Å²) in [5, 5.41) is 0. The van der Waals surface area contributed by atoms with Crippen LogP contribution >= 0.6 is 11.8 Å². The van der Waals surface area contributed by atoms with Crippen LogP contribution in [0, 0.1) is 0 Å². The molecule has 1 aromatic carbocycles. The zero-order chi connectivity index (χ0) is 10.7. The van der Waals surface area contributed by atoms with E-state index in [1.54, 1.807) is 10.5 Å². The van der Waals surface area contributed by atoms with Crippen molar-refractivity contribution in [3.8, 4) is 0 Å². The lowest BCUT2D eigenvalue weighted by molar-refractivity contribution is 0.848. The van der Waals surface area contributed by atoms with Gasteiger partial charge in [0, 0.05) is 11.3 Å². The number of thioether (sulfide) groups is 1. The van der Waals surface area contributed by atoms with Gasteiger partial charge in [0.05, 0.1) is 0 Å². The molecule has 0 radical (unpaired) electrons. The van der Waals surface area contributed by atoms with Crippen molar-refractivity contribution in [2.24, 2.45) is 0 Å². The number of benzene rings is 1. The fraction of sp³-hybridized carbons (Fsp3) is 0.429. The SMILES string of the molecule is CCC/C(CC)=C1/Cc2ccccc2S1. The van der Waals surface area contributed by atoms with E-state index in [-0.39, 0.29) is 0 Å². The zero-order valence-electron chi connectivity index (χ0n) is 9.55. The topological polar surface area (TPSA) is 0 Å². The predicted molar refractivity (Wildman–Crippen MR) is 68.2 cm³/mol. The van der Waals surface area contributed by atoms with E-state index in [1.807, 2.05) is 11.8 Å². The molecule has 15 heavy (non-hydrogen) atoms. The number of hydrogen-bond donors (Lipinski definition) is 0.